The van der Waals surface area contributed by atoms with Crippen molar-refractivity contribution in [3.05, 3.63) is 0 Å². The second-order valence-electron chi connectivity index (χ2n) is 0. The minimum atomic E-state index is 0. The second-order valence-corrected chi connectivity index (χ2v) is 0. The van der Waals surface area contributed by atoms with Crippen molar-refractivity contribution >= 4 is 0 Å². The molecule has 0 fully saturated rings. The predicted molar refractivity (Wildman–Crippen MR) is 0 cm³/mol. The molecule has 0 aliphatic heterocycles. The van der Waals surface area contributed by atoms with Crippen molar-refractivity contribution in [1.29, 1.82) is 0 Å². The Morgan fingerprint density at radius 2 is 0.222 bits per heavy atom. The van der Waals surface area contributed by atoms with Crippen molar-refractivity contribution in [1.82, 2.24) is 0 Å². The molecule has 0 aromatic carbocycles. The molecule has 1 radical (unpaired) electrons. The molecule has 0 saturated carbocycles. The molecule has 9 heteroatoms. The van der Waals surface area contributed by atoms with Crippen molar-refractivity contribution in [3.8, 4) is 0 Å². The average Bonchev–Trinajstić information content (AvgIpc) is 0. The van der Waals surface area contributed by atoms with Gasteiger partial charge < -0.3 is 99.3 Å². The molecule has 9 heavy (non-hydrogen) atoms. The van der Waals surface area contributed by atoms with Crippen LogP contribution in [0.1, 0.15) is 0 Å². The molecule has 0 spiro atoms. The van der Waals surface area contributed by atoms with E-state index in [1.807, 2.05) is 0 Å². The van der Waals surface area contributed by atoms with Gasteiger partial charge in [-0.25, -0.2) is 0 Å². The first-order valence-electron chi connectivity index (χ1n) is 0. The Bertz CT molecular complexity index is 4.53. The van der Waals surface area contributed by atoms with Crippen LogP contribution in [0.15, 0.2) is 0 Å². The van der Waals surface area contributed by atoms with Crippen molar-refractivity contribution in [2.45, 2.75) is 0 Å². The third kappa shape index (κ3) is 102. The molecule has 0 rings (SSSR count). The minimum absolute atomic E-state index is 0. The largest absolute Gasteiger partial charge is 2.00 e. The summed E-state index contributed by atoms with van der Waals surface area (Å²) in [7, 11) is 0. The van der Waals surface area contributed by atoms with Gasteiger partial charge in [-0.2, -0.15) is 0 Å². The van der Waals surface area contributed by atoms with E-state index in [1.165, 1.54) is 0 Å². The van der Waals surface area contributed by atoms with Crippen molar-refractivity contribution in [2.24, 2.45) is 0 Å². The summed E-state index contributed by atoms with van der Waals surface area (Å²) in [5.74, 6) is 0. The van der Waals surface area contributed by atoms with E-state index >= 15 is 0 Å². The van der Waals surface area contributed by atoms with Crippen LogP contribution in [-0.4, -0.2) is 0 Å². The molecular formula is Cl8V-6. The van der Waals surface area contributed by atoms with Crippen molar-refractivity contribution in [2.75, 3.05) is 0 Å². The van der Waals surface area contributed by atoms with Crippen LogP contribution in [0.5, 0.6) is 0 Å². The van der Waals surface area contributed by atoms with Gasteiger partial charge in [0.1, 0.15) is 0 Å². The van der Waals surface area contributed by atoms with Gasteiger partial charge in [-0.1, -0.05) is 0 Å². The minimum Gasteiger partial charge on any atom is -1.00 e. The molecule has 0 atom stereocenters. The van der Waals surface area contributed by atoms with Gasteiger partial charge in [0, 0.05) is 0 Å². The van der Waals surface area contributed by atoms with E-state index in [2.05, 4.69) is 0 Å². The van der Waals surface area contributed by atoms with Crippen LogP contribution in [0.2, 0.25) is 0 Å². The molecule has 0 bridgehead atoms. The molecule has 0 heterocycles. The van der Waals surface area contributed by atoms with E-state index in [0.717, 1.165) is 0 Å². The van der Waals surface area contributed by atoms with Gasteiger partial charge in [0.2, 0.25) is 0 Å². The zero-order valence-corrected chi connectivity index (χ0v) is 10.9. The Labute approximate surface area is 117 Å². The fourth-order valence-electron chi connectivity index (χ4n) is 0. The summed E-state index contributed by atoms with van der Waals surface area (Å²) in [6.45, 7) is 0. The van der Waals surface area contributed by atoms with Crippen molar-refractivity contribution in [3.63, 3.8) is 0 Å². The molecule has 0 aliphatic carbocycles. The summed E-state index contributed by atoms with van der Waals surface area (Å²) in [5.41, 5.74) is 0. The maximum atomic E-state index is 0. The van der Waals surface area contributed by atoms with Crippen LogP contribution < -0.4 is 99.3 Å². The zero-order chi connectivity index (χ0) is 0. The average molecular weight is 335 g/mol. The Morgan fingerprint density at radius 1 is 0.222 bits per heavy atom. The first-order valence-corrected chi connectivity index (χ1v) is 0. The normalized spacial score (nSPS) is 0. The standard InChI is InChI=1S/8ClH.V/h8*1H;/q;;;;;;;;+2/p-8. The van der Waals surface area contributed by atoms with Gasteiger partial charge in [0.15, 0.2) is 0 Å². The summed E-state index contributed by atoms with van der Waals surface area (Å²) < 4.78 is 0. The molecule has 0 aliphatic rings. The van der Waals surface area contributed by atoms with E-state index in [4.69, 9.17) is 0 Å². The Hall–Kier alpha value is 2.90. The van der Waals surface area contributed by atoms with Gasteiger partial charge in [-0.3, -0.25) is 0 Å². The van der Waals surface area contributed by atoms with E-state index in [1.54, 1.807) is 0 Å². The fourth-order valence-corrected chi connectivity index (χ4v) is 0. The van der Waals surface area contributed by atoms with Gasteiger partial charge in [0.05, 0.1) is 0 Å². The fraction of sp³-hybridized carbons (Fsp3) is 0. The van der Waals surface area contributed by atoms with Gasteiger partial charge in [0.25, 0.3) is 0 Å². The number of hydrogen-bond donors (Lipinski definition) is 0. The third-order valence-electron chi connectivity index (χ3n) is 0. The van der Waals surface area contributed by atoms with Gasteiger partial charge in [-0.15, -0.1) is 0 Å². The van der Waals surface area contributed by atoms with Crippen molar-refractivity contribution < 1.29 is 118 Å². The van der Waals surface area contributed by atoms with Crippen LogP contribution in [0.4, 0.5) is 0 Å². The molecule has 0 N–H and O–H groups in total. The van der Waals surface area contributed by atoms with Crippen LogP contribution in [0.3, 0.4) is 0 Å². The number of halogens is 8. The topological polar surface area (TPSA) is 0 Å². The number of hydrogen-bond acceptors (Lipinski definition) is 0. The molecule has 67 valence electrons. The molecule has 0 aromatic rings. The first-order chi connectivity index (χ1) is 0. The third-order valence-corrected chi connectivity index (χ3v) is 0. The summed E-state index contributed by atoms with van der Waals surface area (Å²) in [6, 6.07) is 0. The molecule has 0 nitrogen and oxygen atoms in total. The molecule has 0 unspecified atom stereocenters. The Morgan fingerprint density at radius 3 is 0.222 bits per heavy atom. The summed E-state index contributed by atoms with van der Waals surface area (Å²) in [6.07, 6.45) is 0. The molecule has 0 aromatic heterocycles. The zero-order valence-electron chi connectivity index (χ0n) is 3.47. The maximum absolute atomic E-state index is 0. The van der Waals surface area contributed by atoms with E-state index in [9.17, 15) is 0 Å². The summed E-state index contributed by atoms with van der Waals surface area (Å²) in [4.78, 5) is 0. The summed E-state index contributed by atoms with van der Waals surface area (Å²) >= 11 is 0. The first kappa shape index (κ1) is 168. The maximum Gasteiger partial charge on any atom is 2.00 e. The van der Waals surface area contributed by atoms with Crippen LogP contribution in [-0.2, 0) is 18.6 Å². The van der Waals surface area contributed by atoms with Gasteiger partial charge in [-0.05, 0) is 0 Å². The summed E-state index contributed by atoms with van der Waals surface area (Å²) in [5, 5.41) is 0. The quantitative estimate of drug-likeness (QED) is 0.413. The van der Waals surface area contributed by atoms with E-state index in [-0.39, 0.29) is 118 Å². The predicted octanol–water partition coefficient (Wildman–Crippen LogP) is -24.0. The SMILES string of the molecule is [Cl-].[Cl-].[Cl-].[Cl-].[Cl-].[Cl-].[Cl-].[Cl-].[V+2]. The molecule has 0 saturated heterocycles. The molecule has 0 amide bonds. The Balaban J connectivity index is 0. The van der Waals surface area contributed by atoms with Crippen LogP contribution >= 0.6 is 0 Å². The smallest absolute Gasteiger partial charge is 1.00 e. The Kier molecular flexibility index (Phi) is 2360. The van der Waals surface area contributed by atoms with Crippen LogP contribution in [0.25, 0.3) is 0 Å². The van der Waals surface area contributed by atoms with E-state index in [0.29, 0.717) is 0 Å². The van der Waals surface area contributed by atoms with E-state index < -0.39 is 0 Å². The number of rotatable bonds is 0. The molecular weight excluding hydrogens is 335 g/mol. The van der Waals surface area contributed by atoms with Gasteiger partial charge >= 0.3 is 18.6 Å². The second kappa shape index (κ2) is 127. The monoisotopic (exact) mass is 331 g/mol. The van der Waals surface area contributed by atoms with Crippen LogP contribution in [0, 0.1) is 0 Å².